The van der Waals surface area contributed by atoms with Crippen LogP contribution in [-0.2, 0) is 0 Å². The van der Waals surface area contributed by atoms with E-state index in [1.165, 1.54) is 0 Å². The fourth-order valence-electron chi connectivity index (χ4n) is 2.51. The number of β-amino-alcohol motifs (C(OH)–C–C–N with tert-alkyl or cyclic N) is 1. The predicted molar refractivity (Wildman–Crippen MR) is 68.6 cm³/mol. The third-order valence-electron chi connectivity index (χ3n) is 3.42. The molecule has 0 amide bonds. The molecule has 0 spiro atoms. The Bertz CT molecular complexity index is 250. The van der Waals surface area contributed by atoms with Crippen molar-refractivity contribution in [2.45, 2.75) is 45.3 Å². The zero-order chi connectivity index (χ0) is 12.7. The highest BCUT2D eigenvalue weighted by molar-refractivity contribution is 4.82. The van der Waals surface area contributed by atoms with E-state index in [9.17, 15) is 5.11 Å². The van der Waals surface area contributed by atoms with Crippen LogP contribution in [0.3, 0.4) is 0 Å². The molecule has 2 atom stereocenters. The Balaban J connectivity index is 2.35. The molecular formula is C13H25N3O. The number of aliphatic hydroxyl groups is 1. The van der Waals surface area contributed by atoms with Crippen molar-refractivity contribution in [2.75, 3.05) is 32.7 Å². The molecule has 0 aromatic rings. The van der Waals surface area contributed by atoms with Gasteiger partial charge < -0.3 is 10.0 Å². The topological polar surface area (TPSA) is 50.5 Å². The van der Waals surface area contributed by atoms with Crippen LogP contribution in [0.1, 0.15) is 33.1 Å². The van der Waals surface area contributed by atoms with Gasteiger partial charge in [-0.15, -0.1) is 0 Å². The molecule has 0 saturated carbocycles. The summed E-state index contributed by atoms with van der Waals surface area (Å²) in [6, 6.07) is 2.75. The smallest absolute Gasteiger partial charge is 0.0639 e. The Morgan fingerprint density at radius 1 is 1.47 bits per heavy atom. The number of piperazine rings is 1. The molecule has 0 radical (unpaired) electrons. The monoisotopic (exact) mass is 239 g/mol. The van der Waals surface area contributed by atoms with Crippen molar-refractivity contribution in [2.24, 2.45) is 0 Å². The predicted octanol–water partition coefficient (Wildman–Crippen LogP) is 1.07. The normalized spacial score (nSPS) is 24.5. The number of unbranched alkanes of at least 4 members (excludes halogenated alkanes) is 1. The van der Waals surface area contributed by atoms with E-state index < -0.39 is 0 Å². The number of rotatable bonds is 6. The number of hydrogen-bond donors (Lipinski definition) is 1. The fraction of sp³-hybridized carbons (Fsp3) is 0.923. The van der Waals surface area contributed by atoms with E-state index in [-0.39, 0.29) is 6.10 Å². The summed E-state index contributed by atoms with van der Waals surface area (Å²) in [4.78, 5) is 4.84. The van der Waals surface area contributed by atoms with E-state index in [1.807, 2.05) is 6.92 Å². The Kier molecular flexibility index (Phi) is 6.49. The lowest BCUT2D eigenvalue weighted by Gasteiger charge is -2.41. The van der Waals surface area contributed by atoms with Crippen LogP contribution in [0.15, 0.2) is 0 Å². The maximum absolute atomic E-state index is 9.47. The lowest BCUT2D eigenvalue weighted by atomic mass is 10.1. The molecule has 1 heterocycles. The molecule has 1 N–H and O–H groups in total. The second-order valence-electron chi connectivity index (χ2n) is 4.97. The van der Waals surface area contributed by atoms with Gasteiger partial charge in [0.25, 0.3) is 0 Å². The molecule has 4 nitrogen and oxygen atoms in total. The molecule has 4 heteroatoms. The van der Waals surface area contributed by atoms with Crippen LogP contribution in [0.5, 0.6) is 0 Å². The minimum atomic E-state index is -0.241. The molecule has 98 valence electrons. The molecule has 1 saturated heterocycles. The Morgan fingerprint density at radius 2 is 2.24 bits per heavy atom. The lowest BCUT2D eigenvalue weighted by Crippen LogP contribution is -2.54. The molecule has 1 aliphatic heterocycles. The Hall–Kier alpha value is -0.630. The fourth-order valence-corrected chi connectivity index (χ4v) is 2.51. The second-order valence-corrected chi connectivity index (χ2v) is 4.97. The number of nitrogens with zero attached hydrogens (tertiary/aromatic N) is 3. The van der Waals surface area contributed by atoms with Crippen molar-refractivity contribution in [3.63, 3.8) is 0 Å². The highest BCUT2D eigenvalue weighted by Crippen LogP contribution is 2.13. The third-order valence-corrected chi connectivity index (χ3v) is 3.42. The molecule has 2 unspecified atom stereocenters. The summed E-state index contributed by atoms with van der Waals surface area (Å²) in [5, 5.41) is 18.0. The SMILES string of the molecule is CCC1CN(CCCC#N)CCN1CC(C)O. The van der Waals surface area contributed by atoms with Crippen LogP contribution in [0, 0.1) is 11.3 Å². The minimum Gasteiger partial charge on any atom is -0.392 e. The van der Waals surface area contributed by atoms with E-state index in [2.05, 4.69) is 22.8 Å². The van der Waals surface area contributed by atoms with Crippen LogP contribution in [0.2, 0.25) is 0 Å². The van der Waals surface area contributed by atoms with Gasteiger partial charge in [0.2, 0.25) is 0 Å². The summed E-state index contributed by atoms with van der Waals surface area (Å²) in [5.74, 6) is 0. The van der Waals surface area contributed by atoms with Gasteiger partial charge in [0, 0.05) is 38.6 Å². The van der Waals surface area contributed by atoms with Crippen LogP contribution in [0.25, 0.3) is 0 Å². The lowest BCUT2D eigenvalue weighted by molar-refractivity contribution is 0.0364. The summed E-state index contributed by atoms with van der Waals surface area (Å²) < 4.78 is 0. The largest absolute Gasteiger partial charge is 0.392 e. The van der Waals surface area contributed by atoms with Crippen molar-refractivity contribution < 1.29 is 5.11 Å². The van der Waals surface area contributed by atoms with E-state index in [1.54, 1.807) is 0 Å². The summed E-state index contributed by atoms with van der Waals surface area (Å²) in [7, 11) is 0. The number of hydrogen-bond acceptors (Lipinski definition) is 4. The summed E-state index contributed by atoms with van der Waals surface area (Å²) in [6.07, 6.45) is 2.52. The van der Waals surface area contributed by atoms with Gasteiger partial charge in [-0.1, -0.05) is 6.92 Å². The van der Waals surface area contributed by atoms with Gasteiger partial charge in [0.1, 0.15) is 0 Å². The van der Waals surface area contributed by atoms with E-state index in [0.29, 0.717) is 12.5 Å². The number of nitriles is 1. The molecule has 0 aliphatic carbocycles. The van der Waals surface area contributed by atoms with Crippen LogP contribution in [0.4, 0.5) is 0 Å². The van der Waals surface area contributed by atoms with Crippen molar-refractivity contribution in [1.29, 1.82) is 5.26 Å². The average molecular weight is 239 g/mol. The molecule has 0 bridgehead atoms. The van der Waals surface area contributed by atoms with Crippen LogP contribution >= 0.6 is 0 Å². The Labute approximate surface area is 105 Å². The van der Waals surface area contributed by atoms with Crippen molar-refractivity contribution in [1.82, 2.24) is 9.80 Å². The molecule has 1 fully saturated rings. The van der Waals surface area contributed by atoms with E-state index in [0.717, 1.165) is 45.6 Å². The molecule has 0 aromatic heterocycles. The molecular weight excluding hydrogens is 214 g/mol. The average Bonchev–Trinajstić information content (AvgIpc) is 2.30. The molecule has 1 rings (SSSR count). The third kappa shape index (κ3) is 5.03. The molecule has 1 aliphatic rings. The second kappa shape index (κ2) is 7.65. The van der Waals surface area contributed by atoms with Gasteiger partial charge in [-0.3, -0.25) is 4.90 Å². The highest BCUT2D eigenvalue weighted by Gasteiger charge is 2.25. The van der Waals surface area contributed by atoms with Crippen molar-refractivity contribution in [3.8, 4) is 6.07 Å². The molecule has 0 aromatic carbocycles. The highest BCUT2D eigenvalue weighted by atomic mass is 16.3. The van der Waals surface area contributed by atoms with Crippen LogP contribution < -0.4 is 0 Å². The zero-order valence-electron chi connectivity index (χ0n) is 11.1. The van der Waals surface area contributed by atoms with E-state index in [4.69, 9.17) is 5.26 Å². The summed E-state index contributed by atoms with van der Waals surface area (Å²) in [6.45, 7) is 9.06. The summed E-state index contributed by atoms with van der Waals surface area (Å²) in [5.41, 5.74) is 0. The Morgan fingerprint density at radius 3 is 2.82 bits per heavy atom. The first-order chi connectivity index (χ1) is 8.17. The number of aliphatic hydroxyl groups excluding tert-OH is 1. The van der Waals surface area contributed by atoms with Gasteiger partial charge in [-0.05, 0) is 26.3 Å². The van der Waals surface area contributed by atoms with Gasteiger partial charge in [0.05, 0.1) is 12.2 Å². The zero-order valence-corrected chi connectivity index (χ0v) is 11.1. The van der Waals surface area contributed by atoms with E-state index >= 15 is 0 Å². The standard InChI is InChI=1S/C13H25N3O/c1-3-13-11-15(7-5-4-6-14)8-9-16(13)10-12(2)17/h12-13,17H,3-5,7-11H2,1-2H3. The first kappa shape index (κ1) is 14.4. The molecule has 17 heavy (non-hydrogen) atoms. The first-order valence-corrected chi connectivity index (χ1v) is 6.68. The maximum atomic E-state index is 9.47. The summed E-state index contributed by atoms with van der Waals surface area (Å²) >= 11 is 0. The van der Waals surface area contributed by atoms with Gasteiger partial charge in [0.15, 0.2) is 0 Å². The van der Waals surface area contributed by atoms with Crippen molar-refractivity contribution >= 4 is 0 Å². The maximum Gasteiger partial charge on any atom is 0.0639 e. The van der Waals surface area contributed by atoms with Crippen molar-refractivity contribution in [3.05, 3.63) is 0 Å². The van der Waals surface area contributed by atoms with Gasteiger partial charge in [-0.25, -0.2) is 0 Å². The quantitative estimate of drug-likeness (QED) is 0.704. The van der Waals surface area contributed by atoms with Gasteiger partial charge in [-0.2, -0.15) is 5.26 Å². The first-order valence-electron chi connectivity index (χ1n) is 6.68. The van der Waals surface area contributed by atoms with Crippen LogP contribution in [-0.4, -0.2) is 59.8 Å². The minimum absolute atomic E-state index is 0.241. The van der Waals surface area contributed by atoms with Gasteiger partial charge >= 0.3 is 0 Å².